The number of rotatable bonds is 2. The molecule has 0 unspecified atom stereocenters. The van der Waals surface area contributed by atoms with Crippen LogP contribution in [0.4, 0.5) is 0 Å². The third kappa shape index (κ3) is 2.62. The first kappa shape index (κ1) is 10.0. The zero-order valence-electron chi connectivity index (χ0n) is 7.86. The van der Waals surface area contributed by atoms with Crippen molar-refractivity contribution in [3.05, 3.63) is 35.1 Å². The summed E-state index contributed by atoms with van der Waals surface area (Å²) in [6, 6.07) is 0. The Morgan fingerprint density at radius 1 is 1.27 bits per heavy atom. The minimum absolute atomic E-state index is 0.847. The van der Waals surface area contributed by atoms with Crippen LogP contribution in [0.3, 0.4) is 0 Å². The van der Waals surface area contributed by atoms with Gasteiger partial charge in [-0.2, -0.15) is 0 Å². The van der Waals surface area contributed by atoms with E-state index in [9.17, 15) is 0 Å². The van der Waals surface area contributed by atoms with Crippen LogP contribution < -0.4 is 5.73 Å². The van der Waals surface area contributed by atoms with Crippen molar-refractivity contribution in [1.82, 2.24) is 0 Å². The Balaban J connectivity index is 4.81. The van der Waals surface area contributed by atoms with E-state index in [2.05, 4.69) is 6.58 Å². The molecule has 0 aliphatic rings. The molecule has 0 aromatic heterocycles. The van der Waals surface area contributed by atoms with Crippen LogP contribution in [-0.2, 0) is 0 Å². The van der Waals surface area contributed by atoms with Crippen molar-refractivity contribution in [2.75, 3.05) is 0 Å². The van der Waals surface area contributed by atoms with Gasteiger partial charge in [-0.25, -0.2) is 0 Å². The summed E-state index contributed by atoms with van der Waals surface area (Å²) < 4.78 is 0. The Morgan fingerprint density at radius 2 is 1.73 bits per heavy atom. The van der Waals surface area contributed by atoms with Gasteiger partial charge in [0.15, 0.2) is 0 Å². The Morgan fingerprint density at radius 3 is 2.00 bits per heavy atom. The third-order valence-electron chi connectivity index (χ3n) is 1.90. The fourth-order valence-electron chi connectivity index (χ4n) is 0.681. The van der Waals surface area contributed by atoms with Crippen molar-refractivity contribution in [1.29, 1.82) is 0 Å². The van der Waals surface area contributed by atoms with Gasteiger partial charge >= 0.3 is 0 Å². The van der Waals surface area contributed by atoms with Crippen LogP contribution in [0.25, 0.3) is 0 Å². The summed E-state index contributed by atoms with van der Waals surface area (Å²) in [5.74, 6) is 0. The summed E-state index contributed by atoms with van der Waals surface area (Å²) in [4.78, 5) is 0. The second-order valence-corrected chi connectivity index (χ2v) is 2.79. The lowest BCUT2D eigenvalue weighted by molar-refractivity contribution is 1.19. The molecule has 11 heavy (non-hydrogen) atoms. The molecule has 0 aliphatic heterocycles. The lowest BCUT2D eigenvalue weighted by Gasteiger charge is -2.06. The van der Waals surface area contributed by atoms with E-state index in [0.29, 0.717) is 0 Å². The van der Waals surface area contributed by atoms with Crippen molar-refractivity contribution >= 4 is 0 Å². The maximum absolute atomic E-state index is 5.82. The van der Waals surface area contributed by atoms with Gasteiger partial charge in [-0.3, -0.25) is 0 Å². The van der Waals surface area contributed by atoms with Gasteiger partial charge in [0.2, 0.25) is 0 Å². The average molecular weight is 151 g/mol. The molecule has 0 saturated carbocycles. The van der Waals surface area contributed by atoms with E-state index in [1.54, 1.807) is 0 Å². The molecular weight excluding hydrogens is 134 g/mol. The molecule has 0 bridgehead atoms. The lowest BCUT2D eigenvalue weighted by atomic mass is 10.0. The smallest absolute Gasteiger partial charge is 0.0372 e. The molecule has 62 valence electrons. The maximum Gasteiger partial charge on any atom is 0.0372 e. The predicted octanol–water partition coefficient (Wildman–Crippen LogP) is 2.76. The summed E-state index contributed by atoms with van der Waals surface area (Å²) >= 11 is 0. The van der Waals surface area contributed by atoms with Crippen molar-refractivity contribution < 1.29 is 0 Å². The number of hydrogen-bond donors (Lipinski definition) is 1. The maximum atomic E-state index is 5.82. The van der Waals surface area contributed by atoms with Gasteiger partial charge in [0.1, 0.15) is 0 Å². The van der Waals surface area contributed by atoms with Crippen LogP contribution in [0.1, 0.15) is 27.7 Å². The summed E-state index contributed by atoms with van der Waals surface area (Å²) in [5, 5.41) is 0. The SMILES string of the molecule is C=C(C)/C(C)=C(N)\C(C)=C/C. The molecular formula is C10H17N. The highest BCUT2D eigenvalue weighted by Crippen LogP contribution is 2.13. The molecule has 0 fully saturated rings. The van der Waals surface area contributed by atoms with E-state index in [0.717, 1.165) is 22.4 Å². The quantitative estimate of drug-likeness (QED) is 0.603. The highest BCUT2D eigenvalue weighted by atomic mass is 14.6. The van der Waals surface area contributed by atoms with Crippen LogP contribution in [0.5, 0.6) is 0 Å². The molecule has 1 heteroatoms. The molecule has 0 aliphatic carbocycles. The molecule has 0 amide bonds. The zero-order chi connectivity index (χ0) is 9.02. The first-order valence-electron chi connectivity index (χ1n) is 3.76. The second kappa shape index (κ2) is 4.02. The van der Waals surface area contributed by atoms with E-state index in [1.165, 1.54) is 0 Å². The van der Waals surface area contributed by atoms with E-state index in [-0.39, 0.29) is 0 Å². The van der Waals surface area contributed by atoms with Gasteiger partial charge in [0, 0.05) is 5.70 Å². The number of nitrogens with two attached hydrogens (primary N) is 1. The molecule has 0 atom stereocenters. The molecule has 2 N–H and O–H groups in total. The topological polar surface area (TPSA) is 26.0 Å². The van der Waals surface area contributed by atoms with Crippen LogP contribution in [0.2, 0.25) is 0 Å². The normalized spacial score (nSPS) is 14.4. The zero-order valence-corrected chi connectivity index (χ0v) is 7.86. The van der Waals surface area contributed by atoms with E-state index < -0.39 is 0 Å². The molecule has 0 rings (SSSR count). The summed E-state index contributed by atoms with van der Waals surface area (Å²) in [6.45, 7) is 11.8. The van der Waals surface area contributed by atoms with Gasteiger partial charge in [-0.1, -0.05) is 18.2 Å². The predicted molar refractivity (Wildman–Crippen MR) is 51.1 cm³/mol. The van der Waals surface area contributed by atoms with Gasteiger partial charge in [-0.05, 0) is 38.8 Å². The van der Waals surface area contributed by atoms with Crippen molar-refractivity contribution in [3.8, 4) is 0 Å². The lowest BCUT2D eigenvalue weighted by Crippen LogP contribution is -2.02. The minimum Gasteiger partial charge on any atom is -0.398 e. The minimum atomic E-state index is 0.847. The van der Waals surface area contributed by atoms with Crippen LogP contribution in [0, 0.1) is 0 Å². The number of allylic oxidation sites excluding steroid dienone is 4. The Labute approximate surface area is 69.3 Å². The fraction of sp³-hybridized carbons (Fsp3) is 0.400. The molecule has 0 saturated heterocycles. The molecule has 0 aromatic carbocycles. The Hall–Kier alpha value is -0.980. The highest BCUT2D eigenvalue weighted by molar-refractivity contribution is 5.38. The first-order valence-corrected chi connectivity index (χ1v) is 3.76. The van der Waals surface area contributed by atoms with Crippen LogP contribution >= 0.6 is 0 Å². The second-order valence-electron chi connectivity index (χ2n) is 2.79. The Kier molecular flexibility index (Phi) is 3.66. The monoisotopic (exact) mass is 151 g/mol. The average Bonchev–Trinajstić information content (AvgIpc) is 2.00. The third-order valence-corrected chi connectivity index (χ3v) is 1.90. The van der Waals surface area contributed by atoms with E-state index in [1.807, 2.05) is 33.8 Å². The summed E-state index contributed by atoms with van der Waals surface area (Å²) in [7, 11) is 0. The van der Waals surface area contributed by atoms with Crippen LogP contribution in [-0.4, -0.2) is 0 Å². The molecule has 0 spiro atoms. The Bertz CT molecular complexity index is 219. The fourth-order valence-corrected chi connectivity index (χ4v) is 0.681. The molecule has 0 heterocycles. The molecule has 0 radical (unpaired) electrons. The summed E-state index contributed by atoms with van der Waals surface area (Å²) in [6.07, 6.45) is 2.00. The van der Waals surface area contributed by atoms with Crippen molar-refractivity contribution in [2.24, 2.45) is 5.73 Å². The van der Waals surface area contributed by atoms with E-state index >= 15 is 0 Å². The standard InChI is InChI=1S/C10H17N/c1-6-8(4)10(11)9(5)7(2)3/h6H,2,11H2,1,3-5H3/b8-6-,10-9+. The molecule has 0 aromatic rings. The van der Waals surface area contributed by atoms with Gasteiger partial charge in [0.25, 0.3) is 0 Å². The highest BCUT2D eigenvalue weighted by Gasteiger charge is 1.98. The summed E-state index contributed by atoms with van der Waals surface area (Å²) in [5.41, 5.74) is 9.90. The van der Waals surface area contributed by atoms with Crippen molar-refractivity contribution in [3.63, 3.8) is 0 Å². The van der Waals surface area contributed by atoms with Crippen LogP contribution in [0.15, 0.2) is 35.1 Å². The van der Waals surface area contributed by atoms with Gasteiger partial charge < -0.3 is 5.73 Å². The van der Waals surface area contributed by atoms with E-state index in [4.69, 9.17) is 5.73 Å². The number of hydrogen-bond acceptors (Lipinski definition) is 1. The first-order chi connectivity index (χ1) is 5.00. The van der Waals surface area contributed by atoms with Gasteiger partial charge in [0.05, 0.1) is 0 Å². The van der Waals surface area contributed by atoms with Crippen molar-refractivity contribution in [2.45, 2.75) is 27.7 Å². The largest absolute Gasteiger partial charge is 0.398 e. The molecule has 1 nitrogen and oxygen atoms in total. The van der Waals surface area contributed by atoms with Gasteiger partial charge in [-0.15, -0.1) is 0 Å².